The van der Waals surface area contributed by atoms with Crippen molar-refractivity contribution >= 4 is 17.2 Å². The monoisotopic (exact) mass is 222 g/mol. The van der Waals surface area contributed by atoms with Gasteiger partial charge in [-0.15, -0.1) is 0 Å². The molecule has 0 saturated carbocycles. The number of nitrogens with zero attached hydrogens (tertiary/aromatic N) is 1. The smallest absolute Gasteiger partial charge is 0.420 e. The van der Waals surface area contributed by atoms with Gasteiger partial charge in [0.1, 0.15) is 6.61 Å². The number of ether oxygens (including phenoxy) is 1. The molecule has 0 unspecified atom stereocenters. The first kappa shape index (κ1) is 10.3. The van der Waals surface area contributed by atoms with E-state index in [0.717, 1.165) is 0 Å². The van der Waals surface area contributed by atoms with E-state index in [1.54, 1.807) is 24.3 Å². The zero-order chi connectivity index (χ0) is 11.5. The Hall–Kier alpha value is -2.24. The first-order chi connectivity index (χ1) is 7.68. The molecule has 0 spiro atoms. The van der Waals surface area contributed by atoms with Crippen LogP contribution >= 0.6 is 0 Å². The van der Waals surface area contributed by atoms with Gasteiger partial charge in [0.15, 0.2) is 5.58 Å². The normalized spacial score (nSPS) is 10.5. The third-order valence-electron chi connectivity index (χ3n) is 2.13. The molecule has 0 bridgehead atoms. The maximum atomic E-state index is 11.4. The zero-order valence-corrected chi connectivity index (χ0v) is 8.38. The van der Waals surface area contributed by atoms with E-state index in [0.29, 0.717) is 11.1 Å². The number of carbonyl (C=O) groups excluding carboxylic acids is 1. The van der Waals surface area contributed by atoms with E-state index in [9.17, 15) is 9.59 Å². The zero-order valence-electron chi connectivity index (χ0n) is 8.38. The molecule has 0 radical (unpaired) electrons. The number of fused-ring (bicyclic) bond motifs is 1. The van der Waals surface area contributed by atoms with Gasteiger partial charge in [-0.3, -0.25) is 4.57 Å². The Morgan fingerprint density at radius 2 is 2.19 bits per heavy atom. The van der Waals surface area contributed by atoms with Crippen LogP contribution in [0, 0.1) is 0 Å². The minimum atomic E-state index is -0.860. The fourth-order valence-electron chi connectivity index (χ4n) is 1.46. The Morgan fingerprint density at radius 1 is 1.44 bits per heavy atom. The van der Waals surface area contributed by atoms with Crippen molar-refractivity contribution in [3.63, 3.8) is 0 Å². The Balaban J connectivity index is 2.26. The van der Waals surface area contributed by atoms with E-state index in [2.05, 4.69) is 4.74 Å². The van der Waals surface area contributed by atoms with Crippen LogP contribution in [0.5, 0.6) is 0 Å². The van der Waals surface area contributed by atoms with Gasteiger partial charge in [-0.2, -0.15) is 0 Å². The Labute approximate surface area is 90.2 Å². The molecule has 0 saturated heterocycles. The molecule has 6 heteroatoms. The lowest BCUT2D eigenvalue weighted by atomic mass is 10.3. The van der Waals surface area contributed by atoms with Crippen LogP contribution in [0.3, 0.4) is 0 Å². The van der Waals surface area contributed by atoms with Crippen molar-refractivity contribution in [2.75, 3.05) is 6.61 Å². The third kappa shape index (κ3) is 1.90. The molecule has 0 aliphatic carbocycles. The van der Waals surface area contributed by atoms with Crippen LogP contribution in [-0.4, -0.2) is 17.3 Å². The highest BCUT2D eigenvalue weighted by atomic mass is 16.5. The summed E-state index contributed by atoms with van der Waals surface area (Å²) >= 11 is 0. The molecule has 1 amide bonds. The summed E-state index contributed by atoms with van der Waals surface area (Å²) in [5, 5.41) is 0. The van der Waals surface area contributed by atoms with E-state index >= 15 is 0 Å². The molecule has 16 heavy (non-hydrogen) atoms. The summed E-state index contributed by atoms with van der Waals surface area (Å²) < 4.78 is 10.9. The second kappa shape index (κ2) is 4.09. The summed E-state index contributed by atoms with van der Waals surface area (Å²) in [6.07, 6.45) is -0.860. The summed E-state index contributed by atoms with van der Waals surface area (Å²) in [5.41, 5.74) is 5.98. The van der Waals surface area contributed by atoms with Gasteiger partial charge in [-0.1, -0.05) is 12.1 Å². The summed E-state index contributed by atoms with van der Waals surface area (Å²) in [5.74, 6) is -0.478. The molecule has 2 aromatic rings. The minimum Gasteiger partial charge on any atom is -0.448 e. The number of rotatable bonds is 3. The van der Waals surface area contributed by atoms with E-state index in [-0.39, 0.29) is 13.2 Å². The van der Waals surface area contributed by atoms with Crippen molar-refractivity contribution in [2.45, 2.75) is 6.54 Å². The van der Waals surface area contributed by atoms with Gasteiger partial charge < -0.3 is 14.9 Å². The summed E-state index contributed by atoms with van der Waals surface area (Å²) in [4.78, 5) is 21.8. The molecule has 1 heterocycles. The van der Waals surface area contributed by atoms with Crippen molar-refractivity contribution in [3.05, 3.63) is 34.8 Å². The first-order valence-corrected chi connectivity index (χ1v) is 4.69. The molecular weight excluding hydrogens is 212 g/mol. The predicted molar refractivity (Wildman–Crippen MR) is 56.0 cm³/mol. The number of benzene rings is 1. The van der Waals surface area contributed by atoms with Crippen LogP contribution in [0.2, 0.25) is 0 Å². The number of aromatic nitrogens is 1. The summed E-state index contributed by atoms with van der Waals surface area (Å²) in [6, 6.07) is 7.02. The van der Waals surface area contributed by atoms with Gasteiger partial charge in [0, 0.05) is 0 Å². The standard InChI is InChI=1S/C10H10N2O4/c11-9(13)15-6-5-12-7-3-1-2-4-8(7)16-10(12)14/h1-4H,5-6H2,(H2,11,13). The fraction of sp³-hybridized carbons (Fsp3) is 0.200. The molecule has 1 aromatic carbocycles. The van der Waals surface area contributed by atoms with Crippen molar-refractivity contribution in [1.82, 2.24) is 4.57 Å². The highest BCUT2D eigenvalue weighted by Crippen LogP contribution is 2.11. The van der Waals surface area contributed by atoms with Gasteiger partial charge in [0.2, 0.25) is 0 Å². The number of amides is 1. The average Bonchev–Trinajstić information content (AvgIpc) is 2.55. The number of nitrogens with two attached hydrogens (primary N) is 1. The Morgan fingerprint density at radius 3 is 2.94 bits per heavy atom. The number of hydrogen-bond donors (Lipinski definition) is 1. The van der Waals surface area contributed by atoms with Crippen LogP contribution in [0.1, 0.15) is 0 Å². The number of carbonyl (C=O) groups is 1. The molecule has 0 fully saturated rings. The van der Waals surface area contributed by atoms with Crippen LogP contribution in [0.25, 0.3) is 11.1 Å². The largest absolute Gasteiger partial charge is 0.448 e. The van der Waals surface area contributed by atoms with Crippen molar-refractivity contribution in [3.8, 4) is 0 Å². The maximum Gasteiger partial charge on any atom is 0.420 e. The van der Waals surface area contributed by atoms with Gasteiger partial charge in [0.25, 0.3) is 0 Å². The van der Waals surface area contributed by atoms with Crippen LogP contribution in [0.15, 0.2) is 33.5 Å². The number of primary amides is 1. The van der Waals surface area contributed by atoms with Gasteiger partial charge in [-0.05, 0) is 12.1 Å². The molecule has 2 rings (SSSR count). The van der Waals surface area contributed by atoms with Crippen molar-refractivity contribution < 1.29 is 13.9 Å². The molecule has 84 valence electrons. The number of oxazole rings is 1. The van der Waals surface area contributed by atoms with Crippen molar-refractivity contribution in [1.29, 1.82) is 0 Å². The number of hydrogen-bond acceptors (Lipinski definition) is 4. The van der Waals surface area contributed by atoms with Gasteiger partial charge >= 0.3 is 11.8 Å². The first-order valence-electron chi connectivity index (χ1n) is 4.69. The highest BCUT2D eigenvalue weighted by Gasteiger charge is 2.08. The van der Waals surface area contributed by atoms with Gasteiger partial charge in [0.05, 0.1) is 12.1 Å². The quantitative estimate of drug-likeness (QED) is 0.827. The van der Waals surface area contributed by atoms with Crippen molar-refractivity contribution in [2.24, 2.45) is 5.73 Å². The lowest BCUT2D eigenvalue weighted by Gasteiger charge is -2.01. The SMILES string of the molecule is NC(=O)OCCn1c(=O)oc2ccccc21. The Kier molecular flexibility index (Phi) is 2.63. The topological polar surface area (TPSA) is 87.5 Å². The fourth-order valence-corrected chi connectivity index (χ4v) is 1.46. The van der Waals surface area contributed by atoms with E-state index in [1.165, 1.54) is 4.57 Å². The summed E-state index contributed by atoms with van der Waals surface area (Å²) in [7, 11) is 0. The highest BCUT2D eigenvalue weighted by molar-refractivity contribution is 5.72. The van der Waals surface area contributed by atoms with E-state index in [4.69, 9.17) is 10.2 Å². The second-order valence-corrected chi connectivity index (χ2v) is 3.15. The number of para-hydroxylation sites is 2. The Bertz CT molecular complexity index is 569. The van der Waals surface area contributed by atoms with Gasteiger partial charge in [-0.25, -0.2) is 9.59 Å². The molecule has 2 N–H and O–H groups in total. The molecule has 6 nitrogen and oxygen atoms in total. The van der Waals surface area contributed by atoms with Crippen LogP contribution in [0.4, 0.5) is 4.79 Å². The molecular formula is C10H10N2O4. The molecule has 0 aliphatic heterocycles. The molecule has 0 atom stereocenters. The van der Waals surface area contributed by atoms with E-state index < -0.39 is 11.8 Å². The average molecular weight is 222 g/mol. The molecule has 1 aromatic heterocycles. The van der Waals surface area contributed by atoms with Crippen LogP contribution in [-0.2, 0) is 11.3 Å². The summed E-state index contributed by atoms with van der Waals surface area (Å²) in [6.45, 7) is 0.261. The van der Waals surface area contributed by atoms with Crippen LogP contribution < -0.4 is 11.5 Å². The maximum absolute atomic E-state index is 11.4. The van der Waals surface area contributed by atoms with E-state index in [1.807, 2.05) is 0 Å². The second-order valence-electron chi connectivity index (χ2n) is 3.15. The lowest BCUT2D eigenvalue weighted by Crippen LogP contribution is -2.21. The third-order valence-corrected chi connectivity index (χ3v) is 2.13. The minimum absolute atomic E-state index is 0.0404. The predicted octanol–water partition coefficient (Wildman–Crippen LogP) is 0.690. The lowest BCUT2D eigenvalue weighted by molar-refractivity contribution is 0.152. The molecule has 0 aliphatic rings.